The van der Waals surface area contributed by atoms with Crippen molar-refractivity contribution in [1.29, 1.82) is 0 Å². The molecular weight excluding hydrogens is 236 g/mol. The number of nitrogens with zero attached hydrogens (tertiary/aromatic N) is 4. The second-order valence-electron chi connectivity index (χ2n) is 3.14. The van der Waals surface area contributed by atoms with E-state index in [1.807, 2.05) is 30.3 Å². The molecule has 0 aliphatic heterocycles. The first-order valence-corrected chi connectivity index (χ1v) is 6.01. The van der Waals surface area contributed by atoms with Crippen molar-refractivity contribution in [3.8, 4) is 11.4 Å². The molecule has 2 rings (SSSR count). The molecule has 0 radical (unpaired) electrons. The van der Waals surface area contributed by atoms with Crippen LogP contribution in [0.4, 0.5) is 0 Å². The van der Waals surface area contributed by atoms with Crippen molar-refractivity contribution in [3.63, 3.8) is 0 Å². The summed E-state index contributed by atoms with van der Waals surface area (Å²) in [4.78, 5) is 0. The largest absolute Gasteiger partial charge is 0.494 e. The Morgan fingerprint density at radius 2 is 2.29 bits per heavy atom. The van der Waals surface area contributed by atoms with Gasteiger partial charge in [0.15, 0.2) is 0 Å². The number of ether oxygens (including phenoxy) is 1. The minimum Gasteiger partial charge on any atom is -0.494 e. The van der Waals surface area contributed by atoms with Gasteiger partial charge in [0.1, 0.15) is 11.4 Å². The van der Waals surface area contributed by atoms with Gasteiger partial charge in [0, 0.05) is 5.75 Å². The van der Waals surface area contributed by atoms with Crippen molar-refractivity contribution in [2.45, 2.75) is 5.16 Å². The second-order valence-corrected chi connectivity index (χ2v) is 4.13. The average Bonchev–Trinajstić information content (AvgIpc) is 2.84. The lowest BCUT2D eigenvalue weighted by Gasteiger charge is -2.08. The fourth-order valence-electron chi connectivity index (χ4n) is 1.36. The molecule has 0 saturated heterocycles. The lowest BCUT2D eigenvalue weighted by atomic mass is 10.3. The standard InChI is InChI=1S/C11H12N4OS/c1-3-8-17-11-12-13-14-15(11)9-6-4-5-7-10(9)16-2/h3-7H,1,8H2,2H3. The molecule has 17 heavy (non-hydrogen) atoms. The molecule has 5 nitrogen and oxygen atoms in total. The summed E-state index contributed by atoms with van der Waals surface area (Å²) in [5, 5.41) is 12.3. The van der Waals surface area contributed by atoms with Crippen molar-refractivity contribution in [2.75, 3.05) is 12.9 Å². The maximum absolute atomic E-state index is 5.28. The summed E-state index contributed by atoms with van der Waals surface area (Å²) in [5.41, 5.74) is 0.826. The first kappa shape index (κ1) is 11.7. The summed E-state index contributed by atoms with van der Waals surface area (Å²) in [6.07, 6.45) is 1.81. The Hall–Kier alpha value is -1.82. The van der Waals surface area contributed by atoms with Gasteiger partial charge in [-0.2, -0.15) is 4.68 Å². The highest BCUT2D eigenvalue weighted by Gasteiger charge is 2.11. The molecule has 1 aromatic carbocycles. The summed E-state index contributed by atoms with van der Waals surface area (Å²) in [6.45, 7) is 3.67. The maximum Gasteiger partial charge on any atom is 0.214 e. The Morgan fingerprint density at radius 1 is 1.47 bits per heavy atom. The summed E-state index contributed by atoms with van der Waals surface area (Å²) in [6, 6.07) is 7.61. The van der Waals surface area contributed by atoms with Gasteiger partial charge in [-0.3, -0.25) is 0 Å². The van der Waals surface area contributed by atoms with E-state index < -0.39 is 0 Å². The van der Waals surface area contributed by atoms with E-state index >= 15 is 0 Å². The van der Waals surface area contributed by atoms with Crippen LogP contribution in [0.3, 0.4) is 0 Å². The Labute approximate surface area is 103 Å². The zero-order valence-electron chi connectivity index (χ0n) is 9.41. The van der Waals surface area contributed by atoms with Crippen molar-refractivity contribution in [2.24, 2.45) is 0 Å². The molecule has 0 spiro atoms. The minimum absolute atomic E-state index is 0.717. The lowest BCUT2D eigenvalue weighted by molar-refractivity contribution is 0.410. The topological polar surface area (TPSA) is 52.8 Å². The Balaban J connectivity index is 2.38. The zero-order valence-corrected chi connectivity index (χ0v) is 10.2. The van der Waals surface area contributed by atoms with Crippen LogP contribution in [0.25, 0.3) is 5.69 Å². The fourth-order valence-corrected chi connectivity index (χ4v) is 1.98. The van der Waals surface area contributed by atoms with E-state index in [4.69, 9.17) is 4.74 Å². The predicted octanol–water partition coefficient (Wildman–Crippen LogP) is 1.95. The molecule has 0 saturated carbocycles. The van der Waals surface area contributed by atoms with E-state index in [0.29, 0.717) is 0 Å². The van der Waals surface area contributed by atoms with Gasteiger partial charge in [-0.1, -0.05) is 30.0 Å². The van der Waals surface area contributed by atoms with E-state index in [2.05, 4.69) is 22.1 Å². The lowest BCUT2D eigenvalue weighted by Crippen LogP contribution is -2.01. The van der Waals surface area contributed by atoms with Gasteiger partial charge in [0.25, 0.3) is 0 Å². The quantitative estimate of drug-likeness (QED) is 0.598. The molecule has 2 aromatic rings. The van der Waals surface area contributed by atoms with E-state index in [1.54, 1.807) is 11.8 Å². The highest BCUT2D eigenvalue weighted by molar-refractivity contribution is 7.99. The monoisotopic (exact) mass is 248 g/mol. The number of tetrazole rings is 1. The van der Waals surface area contributed by atoms with Crippen LogP contribution in [-0.4, -0.2) is 33.1 Å². The van der Waals surface area contributed by atoms with Gasteiger partial charge in [0.05, 0.1) is 7.11 Å². The van der Waals surface area contributed by atoms with Gasteiger partial charge >= 0.3 is 0 Å². The molecule has 0 amide bonds. The highest BCUT2D eigenvalue weighted by atomic mass is 32.2. The molecule has 0 aliphatic rings. The maximum atomic E-state index is 5.28. The Morgan fingerprint density at radius 3 is 3.06 bits per heavy atom. The summed E-state index contributed by atoms with van der Waals surface area (Å²) >= 11 is 1.52. The van der Waals surface area contributed by atoms with Gasteiger partial charge in [-0.05, 0) is 22.6 Å². The van der Waals surface area contributed by atoms with Gasteiger partial charge in [-0.15, -0.1) is 11.7 Å². The third kappa shape index (κ3) is 2.47. The van der Waals surface area contributed by atoms with Crippen molar-refractivity contribution >= 4 is 11.8 Å². The van der Waals surface area contributed by atoms with Crippen LogP contribution >= 0.6 is 11.8 Å². The number of benzene rings is 1. The zero-order chi connectivity index (χ0) is 12.1. The predicted molar refractivity (Wildman–Crippen MR) is 66.6 cm³/mol. The van der Waals surface area contributed by atoms with Gasteiger partial charge in [-0.25, -0.2) is 0 Å². The molecule has 0 atom stereocenters. The van der Waals surface area contributed by atoms with Crippen LogP contribution in [0.1, 0.15) is 0 Å². The van der Waals surface area contributed by atoms with Crippen molar-refractivity contribution in [1.82, 2.24) is 20.2 Å². The Bertz CT molecular complexity index is 512. The number of aromatic nitrogens is 4. The van der Waals surface area contributed by atoms with E-state index in [0.717, 1.165) is 22.3 Å². The number of methoxy groups -OCH3 is 1. The number of rotatable bonds is 5. The summed E-state index contributed by atoms with van der Waals surface area (Å²) in [7, 11) is 1.62. The first-order valence-electron chi connectivity index (χ1n) is 5.02. The van der Waals surface area contributed by atoms with E-state index in [-0.39, 0.29) is 0 Å². The third-order valence-corrected chi connectivity index (χ3v) is 3.00. The molecule has 0 aliphatic carbocycles. The van der Waals surface area contributed by atoms with Crippen LogP contribution in [0, 0.1) is 0 Å². The number of hydrogen-bond acceptors (Lipinski definition) is 5. The Kier molecular flexibility index (Phi) is 3.77. The molecule has 88 valence electrons. The molecule has 0 bridgehead atoms. The molecule has 0 unspecified atom stereocenters. The van der Waals surface area contributed by atoms with Gasteiger partial charge < -0.3 is 4.74 Å². The van der Waals surface area contributed by atoms with Crippen LogP contribution in [-0.2, 0) is 0 Å². The number of para-hydroxylation sites is 2. The smallest absolute Gasteiger partial charge is 0.214 e. The summed E-state index contributed by atoms with van der Waals surface area (Å²) < 4.78 is 6.94. The van der Waals surface area contributed by atoms with Crippen LogP contribution < -0.4 is 4.74 Å². The molecule has 0 N–H and O–H groups in total. The molecule has 6 heteroatoms. The van der Waals surface area contributed by atoms with Crippen LogP contribution in [0.15, 0.2) is 42.1 Å². The fraction of sp³-hybridized carbons (Fsp3) is 0.182. The molecular formula is C11H12N4OS. The summed E-state index contributed by atoms with van der Waals surface area (Å²) in [5.74, 6) is 1.50. The van der Waals surface area contributed by atoms with Crippen molar-refractivity contribution in [3.05, 3.63) is 36.9 Å². The number of thioether (sulfide) groups is 1. The van der Waals surface area contributed by atoms with Crippen LogP contribution in [0.5, 0.6) is 5.75 Å². The van der Waals surface area contributed by atoms with E-state index in [1.165, 1.54) is 11.8 Å². The van der Waals surface area contributed by atoms with E-state index in [9.17, 15) is 0 Å². The van der Waals surface area contributed by atoms with Gasteiger partial charge in [0.2, 0.25) is 5.16 Å². The molecule has 0 fully saturated rings. The van der Waals surface area contributed by atoms with Crippen molar-refractivity contribution < 1.29 is 4.74 Å². The average molecular weight is 248 g/mol. The third-order valence-electron chi connectivity index (χ3n) is 2.08. The molecule has 1 aromatic heterocycles. The van der Waals surface area contributed by atoms with Crippen LogP contribution in [0.2, 0.25) is 0 Å². The SMILES string of the molecule is C=CCSc1nnnn1-c1ccccc1OC. The number of hydrogen-bond donors (Lipinski definition) is 0. The second kappa shape index (κ2) is 5.49. The minimum atomic E-state index is 0.717. The molecule has 1 heterocycles. The first-order chi connectivity index (χ1) is 8.36. The highest BCUT2D eigenvalue weighted by Crippen LogP contribution is 2.25. The normalized spacial score (nSPS) is 10.2.